The van der Waals surface area contributed by atoms with Crippen molar-refractivity contribution in [3.05, 3.63) is 46.8 Å². The van der Waals surface area contributed by atoms with Crippen molar-refractivity contribution in [3.63, 3.8) is 0 Å². The highest BCUT2D eigenvalue weighted by Crippen LogP contribution is 2.35. The molecule has 1 unspecified atom stereocenters. The summed E-state index contributed by atoms with van der Waals surface area (Å²) in [5.74, 6) is -0.787. The van der Waals surface area contributed by atoms with Gasteiger partial charge in [-0.2, -0.15) is 0 Å². The van der Waals surface area contributed by atoms with Gasteiger partial charge >= 0.3 is 0 Å². The zero-order valence-electron chi connectivity index (χ0n) is 10.3. The Bertz CT molecular complexity index is 528. The Kier molecular flexibility index (Phi) is 3.78. The van der Waals surface area contributed by atoms with Gasteiger partial charge in [0.25, 0.3) is 0 Å². The third-order valence-corrected chi connectivity index (χ3v) is 4.09. The number of hydrogen-bond acceptors (Lipinski definition) is 2. The van der Waals surface area contributed by atoms with Crippen LogP contribution in [-0.4, -0.2) is 0 Å². The van der Waals surface area contributed by atoms with Crippen LogP contribution < -0.4 is 5.73 Å². The molecule has 2 rings (SSSR count). The summed E-state index contributed by atoms with van der Waals surface area (Å²) in [4.78, 5) is 1.53. The topological polar surface area (TPSA) is 26.0 Å². The molecule has 2 N–H and O–H groups in total. The third kappa shape index (κ3) is 2.44. The number of benzene rings is 1. The van der Waals surface area contributed by atoms with E-state index in [0.29, 0.717) is 10.8 Å². The minimum Gasteiger partial charge on any atom is -0.323 e. The number of nitrogens with two attached hydrogens (primary N) is 1. The zero-order chi connectivity index (χ0) is 13.3. The summed E-state index contributed by atoms with van der Waals surface area (Å²) in [6.45, 7) is 4.04. The molecule has 1 atom stereocenters. The van der Waals surface area contributed by atoms with E-state index in [4.69, 9.17) is 5.73 Å². The number of thiophene rings is 1. The quantitative estimate of drug-likeness (QED) is 0.879. The molecular weight excluding hydrogens is 252 g/mol. The van der Waals surface area contributed by atoms with E-state index >= 15 is 0 Å². The maximum atomic E-state index is 13.6. The second-order valence-corrected chi connectivity index (χ2v) is 5.68. The van der Waals surface area contributed by atoms with E-state index < -0.39 is 11.6 Å². The van der Waals surface area contributed by atoms with Crippen molar-refractivity contribution in [2.45, 2.75) is 19.9 Å². The van der Waals surface area contributed by atoms with Crippen LogP contribution in [0.3, 0.4) is 0 Å². The third-order valence-electron chi connectivity index (χ3n) is 2.88. The fourth-order valence-corrected chi connectivity index (χ4v) is 2.96. The summed E-state index contributed by atoms with van der Waals surface area (Å²) in [7, 11) is 0. The van der Waals surface area contributed by atoms with Gasteiger partial charge < -0.3 is 5.73 Å². The van der Waals surface area contributed by atoms with Gasteiger partial charge in [0.2, 0.25) is 0 Å². The van der Waals surface area contributed by atoms with Gasteiger partial charge in [-0.25, -0.2) is 8.78 Å². The second-order valence-electron chi connectivity index (χ2n) is 4.57. The van der Waals surface area contributed by atoms with Crippen molar-refractivity contribution in [1.29, 1.82) is 0 Å². The molecular formula is C14H15F2NS. The van der Waals surface area contributed by atoms with E-state index in [1.54, 1.807) is 6.07 Å². The van der Waals surface area contributed by atoms with Gasteiger partial charge in [-0.3, -0.25) is 0 Å². The molecule has 0 radical (unpaired) electrons. The van der Waals surface area contributed by atoms with Crippen LogP contribution in [0.25, 0.3) is 10.4 Å². The van der Waals surface area contributed by atoms with E-state index in [-0.39, 0.29) is 11.6 Å². The van der Waals surface area contributed by atoms with Crippen LogP contribution in [0.15, 0.2) is 30.3 Å². The van der Waals surface area contributed by atoms with Gasteiger partial charge in [-0.1, -0.05) is 19.9 Å². The lowest BCUT2D eigenvalue weighted by atomic mass is 10.0. The predicted octanol–water partition coefficient (Wildman–Crippen LogP) is 4.35. The second kappa shape index (κ2) is 5.16. The molecule has 1 heterocycles. The minimum absolute atomic E-state index is 0.0321. The SMILES string of the molecule is CC(C)C(N)c1ccc(-c2c(F)cccc2F)s1. The van der Waals surface area contributed by atoms with E-state index in [9.17, 15) is 8.78 Å². The number of rotatable bonds is 3. The maximum Gasteiger partial charge on any atom is 0.134 e. The Morgan fingerprint density at radius 1 is 1.06 bits per heavy atom. The van der Waals surface area contributed by atoms with Crippen LogP contribution in [0.4, 0.5) is 8.78 Å². The highest BCUT2D eigenvalue weighted by Gasteiger charge is 2.17. The molecule has 0 saturated carbocycles. The average molecular weight is 267 g/mol. The molecule has 1 aromatic heterocycles. The van der Waals surface area contributed by atoms with Gasteiger partial charge in [0, 0.05) is 15.8 Å². The lowest BCUT2D eigenvalue weighted by molar-refractivity contribution is 0.521. The van der Waals surface area contributed by atoms with Crippen molar-refractivity contribution < 1.29 is 8.78 Å². The Morgan fingerprint density at radius 3 is 2.22 bits per heavy atom. The van der Waals surface area contributed by atoms with Crippen LogP contribution in [0.5, 0.6) is 0 Å². The summed E-state index contributed by atoms with van der Waals surface area (Å²) < 4.78 is 27.3. The van der Waals surface area contributed by atoms with E-state index in [1.165, 1.54) is 29.5 Å². The van der Waals surface area contributed by atoms with Crippen molar-refractivity contribution in [1.82, 2.24) is 0 Å². The van der Waals surface area contributed by atoms with E-state index in [1.807, 2.05) is 19.9 Å². The summed E-state index contributed by atoms with van der Waals surface area (Å²) in [5.41, 5.74) is 6.06. The monoisotopic (exact) mass is 267 g/mol. The molecule has 0 bridgehead atoms. The number of halogens is 2. The van der Waals surface area contributed by atoms with Crippen LogP contribution in [0, 0.1) is 17.6 Å². The van der Waals surface area contributed by atoms with Crippen molar-refractivity contribution >= 4 is 11.3 Å². The zero-order valence-corrected chi connectivity index (χ0v) is 11.1. The Morgan fingerprint density at radius 2 is 1.67 bits per heavy atom. The first-order valence-corrected chi connectivity index (χ1v) is 6.62. The van der Waals surface area contributed by atoms with Crippen molar-refractivity contribution in [3.8, 4) is 10.4 Å². The van der Waals surface area contributed by atoms with Crippen LogP contribution in [-0.2, 0) is 0 Å². The van der Waals surface area contributed by atoms with Gasteiger partial charge in [0.05, 0.1) is 5.56 Å². The largest absolute Gasteiger partial charge is 0.323 e. The molecule has 0 amide bonds. The van der Waals surface area contributed by atoms with E-state index in [2.05, 4.69) is 0 Å². The Balaban J connectivity index is 2.41. The summed E-state index contributed by atoms with van der Waals surface area (Å²) >= 11 is 1.35. The number of hydrogen-bond donors (Lipinski definition) is 1. The first kappa shape index (κ1) is 13.2. The normalized spacial score (nSPS) is 13.0. The maximum absolute atomic E-state index is 13.6. The lowest BCUT2D eigenvalue weighted by Crippen LogP contribution is -2.14. The Hall–Kier alpha value is -1.26. The van der Waals surface area contributed by atoms with Gasteiger partial charge in [0.15, 0.2) is 0 Å². The molecule has 0 saturated heterocycles. The summed E-state index contributed by atoms with van der Waals surface area (Å²) in [6, 6.07) is 7.36. The highest BCUT2D eigenvalue weighted by molar-refractivity contribution is 7.15. The molecule has 18 heavy (non-hydrogen) atoms. The van der Waals surface area contributed by atoms with E-state index in [0.717, 1.165) is 4.88 Å². The highest BCUT2D eigenvalue weighted by atomic mass is 32.1. The molecule has 96 valence electrons. The molecule has 0 fully saturated rings. The van der Waals surface area contributed by atoms with Crippen LogP contribution in [0.2, 0.25) is 0 Å². The van der Waals surface area contributed by atoms with Crippen LogP contribution in [0.1, 0.15) is 24.8 Å². The fourth-order valence-electron chi connectivity index (χ4n) is 1.73. The molecule has 0 aliphatic rings. The molecule has 2 aromatic rings. The summed E-state index contributed by atoms with van der Waals surface area (Å²) in [5, 5.41) is 0. The summed E-state index contributed by atoms with van der Waals surface area (Å²) in [6.07, 6.45) is 0. The van der Waals surface area contributed by atoms with Gasteiger partial charge in [0.1, 0.15) is 11.6 Å². The first-order valence-electron chi connectivity index (χ1n) is 5.80. The van der Waals surface area contributed by atoms with Crippen molar-refractivity contribution in [2.75, 3.05) is 0 Å². The molecule has 0 aliphatic heterocycles. The average Bonchev–Trinajstić information content (AvgIpc) is 2.77. The standard InChI is InChI=1S/C14H15F2NS/c1-8(2)14(17)12-7-6-11(18-12)13-9(15)4-3-5-10(13)16/h3-8,14H,17H2,1-2H3. The molecule has 4 heteroatoms. The fraction of sp³-hybridized carbons (Fsp3) is 0.286. The van der Waals surface area contributed by atoms with Gasteiger partial charge in [-0.05, 0) is 30.2 Å². The molecule has 1 nitrogen and oxygen atoms in total. The van der Waals surface area contributed by atoms with Gasteiger partial charge in [-0.15, -0.1) is 11.3 Å². The van der Waals surface area contributed by atoms with Crippen molar-refractivity contribution in [2.24, 2.45) is 11.7 Å². The first-order chi connectivity index (χ1) is 8.50. The smallest absolute Gasteiger partial charge is 0.134 e. The minimum atomic E-state index is -0.540. The Labute approximate surface area is 109 Å². The molecule has 0 spiro atoms. The molecule has 0 aliphatic carbocycles. The predicted molar refractivity (Wildman–Crippen MR) is 71.4 cm³/mol. The van der Waals surface area contributed by atoms with Crippen LogP contribution >= 0.6 is 11.3 Å². The molecule has 1 aromatic carbocycles. The lowest BCUT2D eigenvalue weighted by Gasteiger charge is -2.12.